The molecule has 0 rings (SSSR count). The van der Waals surface area contributed by atoms with E-state index in [1.165, 1.54) is 32.1 Å². The minimum atomic E-state index is 0.364. The van der Waals surface area contributed by atoms with Crippen molar-refractivity contribution in [3.8, 4) is 0 Å². The van der Waals surface area contributed by atoms with Gasteiger partial charge in [-0.2, -0.15) is 0 Å². The third kappa shape index (κ3) is 10.4. The number of nitrogens with one attached hydrogen (secondary N) is 1. The molecular weight excluding hydrogens is 198 g/mol. The minimum Gasteiger partial charge on any atom is -0.396 e. The van der Waals surface area contributed by atoms with Gasteiger partial charge in [-0.15, -0.1) is 0 Å². The van der Waals surface area contributed by atoms with Gasteiger partial charge in [0.05, 0.1) is 0 Å². The van der Waals surface area contributed by atoms with E-state index in [4.69, 9.17) is 5.11 Å². The summed E-state index contributed by atoms with van der Waals surface area (Å²) in [5, 5.41) is 12.6. The summed E-state index contributed by atoms with van der Waals surface area (Å²) in [6.45, 7) is 11.5. The Balaban J connectivity index is 3.32. The Morgan fingerprint density at radius 1 is 1.12 bits per heavy atom. The second-order valence-electron chi connectivity index (χ2n) is 6.07. The molecule has 0 aliphatic rings. The Kier molecular flexibility index (Phi) is 8.96. The minimum absolute atomic E-state index is 0.364. The summed E-state index contributed by atoms with van der Waals surface area (Å²) < 4.78 is 0. The lowest BCUT2D eigenvalue weighted by atomic mass is 9.96. The summed E-state index contributed by atoms with van der Waals surface area (Å²) in [4.78, 5) is 0. The maximum atomic E-state index is 9.15. The summed E-state index contributed by atoms with van der Waals surface area (Å²) in [6, 6.07) is 0. The molecule has 0 aliphatic carbocycles. The van der Waals surface area contributed by atoms with E-state index in [9.17, 15) is 0 Å². The van der Waals surface area contributed by atoms with Crippen LogP contribution < -0.4 is 5.32 Å². The summed E-state index contributed by atoms with van der Waals surface area (Å²) in [7, 11) is 0. The summed E-state index contributed by atoms with van der Waals surface area (Å²) >= 11 is 0. The molecule has 0 spiro atoms. The highest BCUT2D eigenvalue weighted by molar-refractivity contribution is 4.65. The van der Waals surface area contributed by atoms with Crippen LogP contribution in [0, 0.1) is 11.3 Å². The third-order valence-corrected chi connectivity index (χ3v) is 2.83. The molecule has 16 heavy (non-hydrogen) atoms. The van der Waals surface area contributed by atoms with Gasteiger partial charge in [-0.3, -0.25) is 0 Å². The molecule has 0 amide bonds. The zero-order valence-electron chi connectivity index (χ0n) is 11.7. The quantitative estimate of drug-likeness (QED) is 0.595. The second-order valence-corrected chi connectivity index (χ2v) is 6.07. The largest absolute Gasteiger partial charge is 0.396 e. The predicted octanol–water partition coefficient (Wildman–Crippen LogP) is 3.20. The van der Waals surface area contributed by atoms with Gasteiger partial charge in [0.15, 0.2) is 0 Å². The van der Waals surface area contributed by atoms with Crippen LogP contribution in [0.4, 0.5) is 0 Å². The summed E-state index contributed by atoms with van der Waals surface area (Å²) in [6.07, 6.45) is 6.01. The fourth-order valence-corrected chi connectivity index (χ4v) is 1.88. The van der Waals surface area contributed by atoms with Crippen LogP contribution in [0.5, 0.6) is 0 Å². The normalized spacial score (nSPS) is 14.1. The summed E-state index contributed by atoms with van der Waals surface area (Å²) in [5.41, 5.74) is 0.385. The summed E-state index contributed by atoms with van der Waals surface area (Å²) in [5.74, 6) is 0.535. The fraction of sp³-hybridized carbons (Fsp3) is 1.00. The number of unbranched alkanes of at least 4 members (excludes halogenated alkanes) is 1. The van der Waals surface area contributed by atoms with Crippen molar-refractivity contribution in [1.82, 2.24) is 5.32 Å². The molecule has 2 N–H and O–H groups in total. The molecule has 2 nitrogen and oxygen atoms in total. The van der Waals surface area contributed by atoms with Crippen molar-refractivity contribution in [2.24, 2.45) is 11.3 Å². The Hall–Kier alpha value is -0.0800. The molecule has 2 heteroatoms. The van der Waals surface area contributed by atoms with Gasteiger partial charge in [-0.25, -0.2) is 0 Å². The van der Waals surface area contributed by atoms with Crippen molar-refractivity contribution < 1.29 is 5.11 Å². The lowest BCUT2D eigenvalue weighted by molar-refractivity contribution is 0.206. The molecular formula is C14H31NO. The maximum absolute atomic E-state index is 9.15. The lowest BCUT2D eigenvalue weighted by Gasteiger charge is -2.19. The average Bonchev–Trinajstić information content (AvgIpc) is 2.20. The molecule has 0 fully saturated rings. The van der Waals surface area contributed by atoms with Gasteiger partial charge in [-0.05, 0) is 43.7 Å². The molecule has 0 aromatic carbocycles. The monoisotopic (exact) mass is 229 g/mol. The van der Waals surface area contributed by atoms with Crippen molar-refractivity contribution in [3.63, 3.8) is 0 Å². The number of hydrogen-bond acceptors (Lipinski definition) is 2. The lowest BCUT2D eigenvalue weighted by Crippen LogP contribution is -2.27. The first-order chi connectivity index (χ1) is 7.49. The zero-order valence-corrected chi connectivity index (χ0v) is 11.7. The van der Waals surface area contributed by atoms with E-state index in [1.54, 1.807) is 0 Å². The molecule has 0 heterocycles. The van der Waals surface area contributed by atoms with E-state index >= 15 is 0 Å². The zero-order chi connectivity index (χ0) is 12.4. The van der Waals surface area contributed by atoms with Crippen molar-refractivity contribution in [3.05, 3.63) is 0 Å². The topological polar surface area (TPSA) is 32.3 Å². The van der Waals surface area contributed by atoms with Crippen molar-refractivity contribution >= 4 is 0 Å². The molecule has 0 saturated carbocycles. The van der Waals surface area contributed by atoms with Crippen LogP contribution in [0.3, 0.4) is 0 Å². The van der Waals surface area contributed by atoms with Crippen LogP contribution >= 0.6 is 0 Å². The van der Waals surface area contributed by atoms with Gasteiger partial charge in [0.2, 0.25) is 0 Å². The first-order valence-corrected chi connectivity index (χ1v) is 6.81. The highest BCUT2D eigenvalue weighted by Gasteiger charge is 2.09. The SMILES string of the molecule is CCC[C@H](CO)CCCCNCC(C)(C)C. The van der Waals surface area contributed by atoms with Crippen molar-refractivity contribution in [2.75, 3.05) is 19.7 Å². The highest BCUT2D eigenvalue weighted by atomic mass is 16.3. The first-order valence-electron chi connectivity index (χ1n) is 6.81. The number of aliphatic hydroxyl groups is 1. The third-order valence-electron chi connectivity index (χ3n) is 2.83. The maximum Gasteiger partial charge on any atom is 0.0459 e. The van der Waals surface area contributed by atoms with E-state index < -0.39 is 0 Å². The molecule has 0 aromatic rings. The van der Waals surface area contributed by atoms with Crippen LogP contribution in [0.15, 0.2) is 0 Å². The predicted molar refractivity (Wildman–Crippen MR) is 71.7 cm³/mol. The average molecular weight is 229 g/mol. The molecule has 0 radical (unpaired) electrons. The van der Waals surface area contributed by atoms with Crippen LogP contribution in [0.25, 0.3) is 0 Å². The number of hydrogen-bond donors (Lipinski definition) is 2. The molecule has 0 bridgehead atoms. The van der Waals surface area contributed by atoms with Crippen LogP contribution in [-0.2, 0) is 0 Å². The van der Waals surface area contributed by atoms with E-state index in [2.05, 4.69) is 33.0 Å². The number of rotatable bonds is 9. The standard InChI is InChI=1S/C14H31NO/c1-5-8-13(11-16)9-6-7-10-15-12-14(2,3)4/h13,15-16H,5-12H2,1-4H3/t13-/m0/s1. The van der Waals surface area contributed by atoms with Gasteiger partial charge >= 0.3 is 0 Å². The van der Waals surface area contributed by atoms with E-state index in [-0.39, 0.29) is 0 Å². The first kappa shape index (κ1) is 15.9. The fourth-order valence-electron chi connectivity index (χ4n) is 1.88. The second kappa shape index (κ2) is 9.00. The smallest absolute Gasteiger partial charge is 0.0459 e. The highest BCUT2D eigenvalue weighted by Crippen LogP contribution is 2.14. The van der Waals surface area contributed by atoms with Gasteiger partial charge in [0.1, 0.15) is 0 Å². The molecule has 1 atom stereocenters. The van der Waals surface area contributed by atoms with Crippen LogP contribution in [0.1, 0.15) is 59.8 Å². The van der Waals surface area contributed by atoms with Gasteiger partial charge in [0, 0.05) is 6.61 Å². The number of aliphatic hydroxyl groups excluding tert-OH is 1. The van der Waals surface area contributed by atoms with Gasteiger partial charge in [0.25, 0.3) is 0 Å². The van der Waals surface area contributed by atoms with E-state index in [1.807, 2.05) is 0 Å². The van der Waals surface area contributed by atoms with E-state index in [0.29, 0.717) is 17.9 Å². The van der Waals surface area contributed by atoms with Crippen LogP contribution in [0.2, 0.25) is 0 Å². The Morgan fingerprint density at radius 2 is 1.81 bits per heavy atom. The van der Waals surface area contributed by atoms with Gasteiger partial charge in [-0.1, -0.05) is 40.5 Å². The molecule has 98 valence electrons. The molecule has 0 aromatic heterocycles. The molecule has 0 unspecified atom stereocenters. The molecule has 0 saturated heterocycles. The Morgan fingerprint density at radius 3 is 2.31 bits per heavy atom. The molecule has 0 aliphatic heterocycles. The Bertz CT molecular complexity index is 151. The van der Waals surface area contributed by atoms with Crippen molar-refractivity contribution in [1.29, 1.82) is 0 Å². The van der Waals surface area contributed by atoms with Crippen molar-refractivity contribution in [2.45, 2.75) is 59.8 Å². The Labute approximate surface area is 102 Å². The van der Waals surface area contributed by atoms with Gasteiger partial charge < -0.3 is 10.4 Å². The van der Waals surface area contributed by atoms with Crippen LogP contribution in [-0.4, -0.2) is 24.8 Å². The van der Waals surface area contributed by atoms with E-state index in [0.717, 1.165) is 13.1 Å².